The largest absolute Gasteiger partial charge is 0.347 e. The first-order valence-electron chi connectivity index (χ1n) is 6.42. The van der Waals surface area contributed by atoms with Gasteiger partial charge in [0, 0.05) is 6.04 Å². The lowest BCUT2D eigenvalue weighted by atomic mass is 10.1. The van der Waals surface area contributed by atoms with Crippen molar-refractivity contribution in [1.82, 2.24) is 15.3 Å². The van der Waals surface area contributed by atoms with E-state index in [0.29, 0.717) is 5.82 Å². The second kappa shape index (κ2) is 5.26. The number of hydrogen-bond donors (Lipinski definition) is 3. The van der Waals surface area contributed by atoms with Crippen molar-refractivity contribution in [1.29, 1.82) is 0 Å². The highest BCUT2D eigenvalue weighted by Gasteiger charge is 2.23. The van der Waals surface area contributed by atoms with Crippen molar-refractivity contribution in [3.05, 3.63) is 53.5 Å². The third-order valence-corrected chi connectivity index (χ3v) is 3.40. The fourth-order valence-electron chi connectivity index (χ4n) is 2.47. The van der Waals surface area contributed by atoms with Gasteiger partial charge in [0.25, 0.3) is 5.91 Å². The predicted octanol–water partition coefficient (Wildman–Crippen LogP) is 0.659. The molecule has 1 aromatic heterocycles. The van der Waals surface area contributed by atoms with Crippen LogP contribution in [0.5, 0.6) is 0 Å². The molecule has 0 radical (unpaired) electrons. The van der Waals surface area contributed by atoms with Gasteiger partial charge in [-0.3, -0.25) is 9.78 Å². The Hall–Kier alpha value is -2.47. The molecule has 1 aliphatic carbocycles. The quantitative estimate of drug-likeness (QED) is 0.562. The lowest BCUT2D eigenvalue weighted by molar-refractivity contribution is 0.0933. The number of hydrazine groups is 1. The minimum atomic E-state index is -0.229. The van der Waals surface area contributed by atoms with Crippen LogP contribution in [0, 0.1) is 0 Å². The zero-order valence-corrected chi connectivity index (χ0v) is 10.8. The summed E-state index contributed by atoms with van der Waals surface area (Å²) in [6.07, 6.45) is 4.59. The number of carbonyl (C=O) groups is 1. The Morgan fingerprint density at radius 3 is 2.55 bits per heavy atom. The summed E-state index contributed by atoms with van der Waals surface area (Å²) >= 11 is 0. The van der Waals surface area contributed by atoms with Gasteiger partial charge in [0.15, 0.2) is 5.82 Å². The van der Waals surface area contributed by atoms with Crippen molar-refractivity contribution in [2.24, 2.45) is 5.84 Å². The average molecular weight is 269 g/mol. The summed E-state index contributed by atoms with van der Waals surface area (Å²) in [4.78, 5) is 20.1. The van der Waals surface area contributed by atoms with E-state index >= 15 is 0 Å². The monoisotopic (exact) mass is 269 g/mol. The van der Waals surface area contributed by atoms with Gasteiger partial charge < -0.3 is 10.7 Å². The lowest BCUT2D eigenvalue weighted by Crippen LogP contribution is -2.36. The van der Waals surface area contributed by atoms with Crippen LogP contribution < -0.4 is 16.6 Å². The Balaban J connectivity index is 1.69. The molecular formula is C14H15N5O. The number of anilines is 1. The zero-order chi connectivity index (χ0) is 13.9. The van der Waals surface area contributed by atoms with E-state index in [9.17, 15) is 4.79 Å². The van der Waals surface area contributed by atoms with Crippen LogP contribution in [0.4, 0.5) is 5.82 Å². The Bertz CT molecular complexity index is 618. The maximum Gasteiger partial charge on any atom is 0.271 e. The van der Waals surface area contributed by atoms with Crippen LogP contribution in [-0.4, -0.2) is 21.9 Å². The summed E-state index contributed by atoms with van der Waals surface area (Å²) in [5, 5.41) is 2.98. The minimum absolute atomic E-state index is 0.108. The van der Waals surface area contributed by atoms with E-state index in [4.69, 9.17) is 5.84 Å². The van der Waals surface area contributed by atoms with Gasteiger partial charge >= 0.3 is 0 Å². The van der Waals surface area contributed by atoms with E-state index in [1.807, 2.05) is 12.1 Å². The van der Waals surface area contributed by atoms with Gasteiger partial charge in [-0.15, -0.1) is 0 Å². The Kier molecular flexibility index (Phi) is 3.30. The molecule has 1 aromatic carbocycles. The van der Waals surface area contributed by atoms with Crippen molar-refractivity contribution in [2.45, 2.75) is 18.9 Å². The predicted molar refractivity (Wildman–Crippen MR) is 74.9 cm³/mol. The molecule has 0 unspecified atom stereocenters. The number of hydrogen-bond acceptors (Lipinski definition) is 5. The zero-order valence-electron chi connectivity index (χ0n) is 10.8. The molecule has 1 aliphatic rings. The minimum Gasteiger partial charge on any atom is -0.347 e. The van der Waals surface area contributed by atoms with Crippen molar-refractivity contribution in [2.75, 3.05) is 5.43 Å². The van der Waals surface area contributed by atoms with E-state index in [-0.39, 0.29) is 17.6 Å². The Morgan fingerprint density at radius 2 is 1.90 bits per heavy atom. The molecule has 102 valence electrons. The highest BCUT2D eigenvalue weighted by Crippen LogP contribution is 2.21. The number of rotatable bonds is 3. The van der Waals surface area contributed by atoms with Gasteiger partial charge in [0.1, 0.15) is 5.69 Å². The van der Waals surface area contributed by atoms with Gasteiger partial charge in [-0.1, -0.05) is 24.3 Å². The molecule has 6 nitrogen and oxygen atoms in total. The summed E-state index contributed by atoms with van der Waals surface area (Å²) in [5.74, 6) is 5.39. The van der Waals surface area contributed by atoms with Crippen molar-refractivity contribution < 1.29 is 4.79 Å². The number of nitrogens with two attached hydrogens (primary N) is 1. The fraction of sp³-hybridized carbons (Fsp3) is 0.214. The van der Waals surface area contributed by atoms with Gasteiger partial charge in [-0.05, 0) is 24.0 Å². The van der Waals surface area contributed by atoms with Crippen molar-refractivity contribution in [3.8, 4) is 0 Å². The molecule has 2 aromatic rings. The SMILES string of the molecule is NNc1cncc(C(=O)NC2Cc3ccccc3C2)n1. The molecule has 1 amide bonds. The smallest absolute Gasteiger partial charge is 0.271 e. The number of nitrogens with one attached hydrogen (secondary N) is 2. The molecule has 0 aliphatic heterocycles. The Morgan fingerprint density at radius 1 is 1.20 bits per heavy atom. The molecular weight excluding hydrogens is 254 g/mol. The number of aromatic nitrogens is 2. The molecule has 0 bridgehead atoms. The molecule has 0 fully saturated rings. The summed E-state index contributed by atoms with van der Waals surface area (Å²) in [5.41, 5.74) is 5.22. The van der Waals surface area contributed by atoms with E-state index < -0.39 is 0 Å². The lowest BCUT2D eigenvalue weighted by Gasteiger charge is -2.11. The van der Waals surface area contributed by atoms with Crippen LogP contribution in [0.3, 0.4) is 0 Å². The van der Waals surface area contributed by atoms with Gasteiger partial charge in [0.05, 0.1) is 12.4 Å². The molecule has 20 heavy (non-hydrogen) atoms. The summed E-state index contributed by atoms with van der Waals surface area (Å²) in [6.45, 7) is 0. The van der Waals surface area contributed by atoms with E-state index in [0.717, 1.165) is 12.8 Å². The molecule has 1 heterocycles. The number of carbonyl (C=O) groups excluding carboxylic acids is 1. The molecule has 3 rings (SSSR count). The second-order valence-electron chi connectivity index (χ2n) is 4.78. The first-order valence-corrected chi connectivity index (χ1v) is 6.42. The molecule has 0 saturated carbocycles. The van der Waals surface area contributed by atoms with Gasteiger partial charge in [-0.25, -0.2) is 10.8 Å². The summed E-state index contributed by atoms with van der Waals surface area (Å²) in [7, 11) is 0. The number of nitrogens with zero attached hydrogens (tertiary/aromatic N) is 2. The maximum atomic E-state index is 12.1. The third-order valence-electron chi connectivity index (χ3n) is 3.40. The van der Waals surface area contributed by atoms with Crippen LogP contribution in [0.2, 0.25) is 0 Å². The van der Waals surface area contributed by atoms with E-state index in [1.165, 1.54) is 23.5 Å². The molecule has 0 saturated heterocycles. The summed E-state index contributed by atoms with van der Waals surface area (Å²) in [6, 6.07) is 8.34. The van der Waals surface area contributed by atoms with Gasteiger partial charge in [-0.2, -0.15) is 0 Å². The van der Waals surface area contributed by atoms with Crippen LogP contribution in [0.1, 0.15) is 21.6 Å². The third kappa shape index (κ3) is 2.46. The number of nitrogen functional groups attached to an aromatic ring is 1. The molecule has 0 spiro atoms. The van der Waals surface area contributed by atoms with Crippen LogP contribution in [0.15, 0.2) is 36.7 Å². The molecule has 0 atom stereocenters. The van der Waals surface area contributed by atoms with Crippen molar-refractivity contribution in [3.63, 3.8) is 0 Å². The normalized spacial score (nSPS) is 13.8. The van der Waals surface area contributed by atoms with Crippen LogP contribution in [-0.2, 0) is 12.8 Å². The maximum absolute atomic E-state index is 12.1. The number of fused-ring (bicyclic) bond motifs is 1. The van der Waals surface area contributed by atoms with E-state index in [2.05, 4.69) is 32.8 Å². The summed E-state index contributed by atoms with van der Waals surface area (Å²) < 4.78 is 0. The van der Waals surface area contributed by atoms with Crippen LogP contribution in [0.25, 0.3) is 0 Å². The highest BCUT2D eigenvalue weighted by molar-refractivity contribution is 5.92. The van der Waals surface area contributed by atoms with E-state index in [1.54, 1.807) is 0 Å². The number of amides is 1. The topological polar surface area (TPSA) is 92.9 Å². The molecule has 4 N–H and O–H groups in total. The van der Waals surface area contributed by atoms with Gasteiger partial charge in [0.2, 0.25) is 0 Å². The van der Waals surface area contributed by atoms with Crippen LogP contribution >= 0.6 is 0 Å². The first kappa shape index (κ1) is 12.6. The first-order chi connectivity index (χ1) is 9.76. The standard InChI is InChI=1S/C14H15N5O/c15-19-13-8-16-7-12(18-13)14(20)17-11-5-9-3-1-2-4-10(9)6-11/h1-4,7-8,11H,5-6,15H2,(H,17,20)(H,18,19). The average Bonchev–Trinajstić information content (AvgIpc) is 2.89. The highest BCUT2D eigenvalue weighted by atomic mass is 16.1. The number of benzene rings is 1. The molecule has 6 heteroatoms. The fourth-order valence-corrected chi connectivity index (χ4v) is 2.47. The second-order valence-corrected chi connectivity index (χ2v) is 4.78. The Labute approximate surface area is 116 Å². The van der Waals surface area contributed by atoms with Crippen molar-refractivity contribution >= 4 is 11.7 Å².